The van der Waals surface area contributed by atoms with Crippen molar-refractivity contribution in [3.8, 4) is 0 Å². The first-order valence-electron chi connectivity index (χ1n) is 4.95. The smallest absolute Gasteiger partial charge is 0.0913 e. The van der Waals surface area contributed by atoms with Gasteiger partial charge in [0, 0.05) is 12.4 Å². The van der Waals surface area contributed by atoms with Gasteiger partial charge in [-0.1, -0.05) is 24.3 Å². The summed E-state index contributed by atoms with van der Waals surface area (Å²) in [6.45, 7) is 0. The van der Waals surface area contributed by atoms with Gasteiger partial charge in [-0.15, -0.1) is 0 Å². The largest absolute Gasteiger partial charge is 0.260 e. The van der Waals surface area contributed by atoms with Crippen LogP contribution in [-0.2, 0) is 0 Å². The molecule has 72 valence electrons. The first kappa shape index (κ1) is 8.36. The van der Waals surface area contributed by atoms with Crippen LogP contribution in [0.25, 0.3) is 0 Å². The fraction of sp³-hybridized carbons (Fsp3) is 0.0769. The minimum atomic E-state index is -0.243. The average Bonchev–Trinajstić information content (AvgIpc) is 2.47. The molecule has 0 bridgehead atoms. The zero-order valence-corrected chi connectivity index (χ0v) is 8.17. The van der Waals surface area contributed by atoms with Gasteiger partial charge in [-0.05, 0) is 24.3 Å². The van der Waals surface area contributed by atoms with Crippen LogP contribution in [0.1, 0.15) is 0 Å². The van der Waals surface area contributed by atoms with Gasteiger partial charge in [0.1, 0.15) is 0 Å². The molecule has 3 rings (SSSR count). The van der Waals surface area contributed by atoms with Gasteiger partial charge >= 0.3 is 0 Å². The van der Waals surface area contributed by atoms with E-state index in [1.807, 2.05) is 48.9 Å². The third kappa shape index (κ3) is 1.11. The van der Waals surface area contributed by atoms with Gasteiger partial charge in [0.05, 0.1) is 16.8 Å². The molecule has 0 fully saturated rings. The van der Waals surface area contributed by atoms with Crippen molar-refractivity contribution in [1.29, 1.82) is 0 Å². The maximum absolute atomic E-state index is 4.44. The van der Waals surface area contributed by atoms with Gasteiger partial charge < -0.3 is 0 Å². The van der Waals surface area contributed by atoms with Crippen molar-refractivity contribution >= 4 is 11.9 Å². The van der Waals surface area contributed by atoms with E-state index < -0.39 is 0 Å². The Morgan fingerprint density at radius 2 is 1.93 bits per heavy atom. The van der Waals surface area contributed by atoms with E-state index in [0.29, 0.717) is 0 Å². The van der Waals surface area contributed by atoms with E-state index in [1.54, 1.807) is 0 Å². The number of nitrogens with zero attached hydrogens (tertiary/aromatic N) is 2. The van der Waals surface area contributed by atoms with Crippen LogP contribution in [0.15, 0.2) is 70.5 Å². The lowest BCUT2D eigenvalue weighted by molar-refractivity contribution is 0.790. The number of hydrogen-bond acceptors (Lipinski definition) is 2. The summed E-state index contributed by atoms with van der Waals surface area (Å²) >= 11 is 0. The fourth-order valence-electron chi connectivity index (χ4n) is 2.03. The summed E-state index contributed by atoms with van der Waals surface area (Å²) in [4.78, 5) is 8.86. The van der Waals surface area contributed by atoms with Crippen LogP contribution in [0.5, 0.6) is 0 Å². The maximum atomic E-state index is 4.44. The van der Waals surface area contributed by atoms with Crippen molar-refractivity contribution in [2.45, 2.75) is 0 Å². The van der Waals surface area contributed by atoms with Gasteiger partial charge in [0.25, 0.3) is 0 Å². The second kappa shape index (κ2) is 3.02. The van der Waals surface area contributed by atoms with Gasteiger partial charge in [-0.2, -0.15) is 0 Å². The van der Waals surface area contributed by atoms with Crippen molar-refractivity contribution in [2.75, 3.05) is 0 Å². The predicted octanol–water partition coefficient (Wildman–Crippen LogP) is 2.59. The summed E-state index contributed by atoms with van der Waals surface area (Å²) in [5.41, 5.74) is 1.81. The van der Waals surface area contributed by atoms with Crippen LogP contribution in [0, 0.1) is 5.41 Å². The minimum absolute atomic E-state index is 0.243. The van der Waals surface area contributed by atoms with Gasteiger partial charge in [0.2, 0.25) is 0 Å². The molecular formula is C13H10N2. The Hall–Kier alpha value is -1.96. The highest BCUT2D eigenvalue weighted by molar-refractivity contribution is 6.07. The molecular weight excluding hydrogens is 184 g/mol. The molecule has 0 N–H and O–H groups in total. The average molecular weight is 194 g/mol. The van der Waals surface area contributed by atoms with E-state index in [1.165, 1.54) is 0 Å². The maximum Gasteiger partial charge on any atom is 0.0913 e. The summed E-state index contributed by atoms with van der Waals surface area (Å²) in [5.74, 6) is 0. The third-order valence-corrected chi connectivity index (χ3v) is 2.78. The minimum Gasteiger partial charge on any atom is -0.260 e. The molecule has 2 nitrogen and oxygen atoms in total. The lowest BCUT2D eigenvalue weighted by Gasteiger charge is -2.30. The summed E-state index contributed by atoms with van der Waals surface area (Å²) in [5, 5.41) is 0. The highest BCUT2D eigenvalue weighted by Crippen LogP contribution is 2.39. The standard InChI is InChI=1S/C13H10N2/c1-2-7-13-8-4-10-15-12(13)6-3-9-14-11(13)5-1/h1-10H. The molecule has 2 heteroatoms. The summed E-state index contributed by atoms with van der Waals surface area (Å²) in [7, 11) is 0. The quantitative estimate of drug-likeness (QED) is 0.566. The zero-order valence-electron chi connectivity index (χ0n) is 8.17. The number of aliphatic imine (C=N–C) groups is 2. The van der Waals surface area contributed by atoms with E-state index in [9.17, 15) is 0 Å². The lowest BCUT2D eigenvalue weighted by Crippen LogP contribution is -2.29. The summed E-state index contributed by atoms with van der Waals surface area (Å²) in [6.07, 6.45) is 19.9. The molecule has 3 aliphatic rings. The summed E-state index contributed by atoms with van der Waals surface area (Å²) < 4.78 is 0. The van der Waals surface area contributed by atoms with E-state index in [-0.39, 0.29) is 5.41 Å². The van der Waals surface area contributed by atoms with Crippen LogP contribution in [0.2, 0.25) is 0 Å². The van der Waals surface area contributed by atoms with Crippen molar-refractivity contribution in [3.63, 3.8) is 0 Å². The Kier molecular flexibility index (Phi) is 1.68. The van der Waals surface area contributed by atoms with Gasteiger partial charge in [-0.3, -0.25) is 9.98 Å². The highest BCUT2D eigenvalue weighted by Gasteiger charge is 2.36. The van der Waals surface area contributed by atoms with Crippen molar-refractivity contribution in [2.24, 2.45) is 15.4 Å². The molecule has 15 heavy (non-hydrogen) atoms. The van der Waals surface area contributed by atoms with Crippen molar-refractivity contribution < 1.29 is 0 Å². The van der Waals surface area contributed by atoms with Gasteiger partial charge in [-0.25, -0.2) is 0 Å². The van der Waals surface area contributed by atoms with E-state index in [0.717, 1.165) is 11.4 Å². The predicted molar refractivity (Wildman–Crippen MR) is 63.0 cm³/mol. The summed E-state index contributed by atoms with van der Waals surface area (Å²) in [6, 6.07) is 0. The first-order chi connectivity index (χ1) is 7.42. The Morgan fingerprint density at radius 3 is 2.93 bits per heavy atom. The molecule has 1 atom stereocenters. The van der Waals surface area contributed by atoms with Crippen LogP contribution < -0.4 is 0 Å². The fourth-order valence-corrected chi connectivity index (χ4v) is 2.03. The molecule has 1 spiro atoms. The Labute approximate surface area is 88.4 Å². The normalized spacial score (nSPS) is 30.4. The molecule has 0 aromatic heterocycles. The van der Waals surface area contributed by atoms with Crippen LogP contribution in [-0.4, -0.2) is 11.9 Å². The number of hydrogen-bond donors (Lipinski definition) is 0. The second-order valence-corrected chi connectivity index (χ2v) is 3.63. The number of allylic oxidation sites excluding steroid dienone is 7. The second-order valence-electron chi connectivity index (χ2n) is 3.63. The van der Waals surface area contributed by atoms with Gasteiger partial charge in [0.15, 0.2) is 0 Å². The molecule has 0 amide bonds. The molecule has 1 aliphatic carbocycles. The SMILES string of the molecule is C1=CN=C2C=CC=CC23C=CC=NC3=C1. The molecule has 0 aromatic carbocycles. The topological polar surface area (TPSA) is 24.7 Å². The number of dihydropyridines is 1. The molecule has 0 radical (unpaired) electrons. The molecule has 0 saturated carbocycles. The third-order valence-electron chi connectivity index (χ3n) is 2.78. The van der Waals surface area contributed by atoms with E-state index in [4.69, 9.17) is 0 Å². The highest BCUT2D eigenvalue weighted by atomic mass is 14.8. The van der Waals surface area contributed by atoms with Crippen LogP contribution >= 0.6 is 0 Å². The number of rotatable bonds is 0. The Balaban J connectivity index is 2.27. The van der Waals surface area contributed by atoms with Crippen molar-refractivity contribution in [1.82, 2.24) is 0 Å². The molecule has 0 aromatic rings. The Bertz CT molecular complexity index is 451. The van der Waals surface area contributed by atoms with E-state index >= 15 is 0 Å². The van der Waals surface area contributed by atoms with E-state index in [2.05, 4.69) is 22.1 Å². The Morgan fingerprint density at radius 1 is 1.00 bits per heavy atom. The van der Waals surface area contributed by atoms with Crippen LogP contribution in [0.4, 0.5) is 0 Å². The van der Waals surface area contributed by atoms with Crippen LogP contribution in [0.3, 0.4) is 0 Å². The van der Waals surface area contributed by atoms with Crippen molar-refractivity contribution in [3.05, 3.63) is 60.5 Å². The molecule has 2 aliphatic heterocycles. The molecule has 2 heterocycles. The monoisotopic (exact) mass is 194 g/mol. The molecule has 1 unspecified atom stereocenters. The first-order valence-corrected chi connectivity index (χ1v) is 4.95. The molecule has 0 saturated heterocycles. The lowest BCUT2D eigenvalue weighted by atomic mass is 9.75. The zero-order chi connectivity index (χ0) is 10.1.